The van der Waals surface area contributed by atoms with E-state index in [0.29, 0.717) is 16.8 Å². The summed E-state index contributed by atoms with van der Waals surface area (Å²) in [5.41, 5.74) is 0.431. The summed E-state index contributed by atoms with van der Waals surface area (Å²) in [7, 11) is 1.46. The lowest BCUT2D eigenvalue weighted by atomic mass is 10.3. The van der Waals surface area contributed by atoms with Gasteiger partial charge < -0.3 is 9.72 Å². The van der Waals surface area contributed by atoms with Crippen LogP contribution in [0.3, 0.4) is 0 Å². The molecule has 1 N–H and O–H groups in total. The molecule has 0 amide bonds. The largest absolute Gasteiger partial charge is 0.496 e. The molecule has 14 heavy (non-hydrogen) atoms. The second kappa shape index (κ2) is 2.99. The molecule has 0 fully saturated rings. The molecule has 0 bridgehead atoms. The van der Waals surface area contributed by atoms with Crippen molar-refractivity contribution in [3.05, 3.63) is 28.6 Å². The molecular formula is C8H7N3O3. The number of nitrogens with zero attached hydrogens (tertiary/aromatic N) is 2. The molecule has 0 spiro atoms. The number of hydrogen-bond acceptors (Lipinski definition) is 4. The van der Waals surface area contributed by atoms with Crippen molar-refractivity contribution in [3.63, 3.8) is 0 Å². The summed E-state index contributed by atoms with van der Waals surface area (Å²) in [6.45, 7) is 0. The predicted molar refractivity (Wildman–Crippen MR) is 49.3 cm³/mol. The first-order valence-corrected chi connectivity index (χ1v) is 3.88. The van der Waals surface area contributed by atoms with Crippen molar-refractivity contribution in [2.24, 2.45) is 0 Å². The molecule has 0 saturated carbocycles. The third-order valence-electron chi connectivity index (χ3n) is 1.93. The highest BCUT2D eigenvalue weighted by molar-refractivity contribution is 5.91. The second-order valence-corrected chi connectivity index (χ2v) is 2.67. The lowest BCUT2D eigenvalue weighted by molar-refractivity contribution is -0.383. The Morgan fingerprint density at radius 3 is 3.07 bits per heavy atom. The first kappa shape index (κ1) is 8.49. The molecule has 0 aliphatic rings. The van der Waals surface area contributed by atoms with Crippen molar-refractivity contribution in [2.45, 2.75) is 0 Å². The van der Waals surface area contributed by atoms with Crippen LogP contribution >= 0.6 is 0 Å². The van der Waals surface area contributed by atoms with Crippen LogP contribution in [0.4, 0.5) is 5.69 Å². The summed E-state index contributed by atoms with van der Waals surface area (Å²) in [4.78, 5) is 16.8. The number of ether oxygens (including phenoxy) is 1. The molecule has 0 aromatic carbocycles. The molecule has 6 heteroatoms. The normalized spacial score (nSPS) is 10.4. The zero-order chi connectivity index (χ0) is 10.1. The molecule has 0 aliphatic heterocycles. The van der Waals surface area contributed by atoms with Crippen LogP contribution in [0.15, 0.2) is 18.5 Å². The van der Waals surface area contributed by atoms with E-state index in [1.54, 1.807) is 6.07 Å². The van der Waals surface area contributed by atoms with E-state index in [1.807, 2.05) is 0 Å². The molecule has 0 unspecified atom stereocenters. The maximum absolute atomic E-state index is 10.6. The summed E-state index contributed by atoms with van der Waals surface area (Å²) in [5.74, 6) is 0.447. The van der Waals surface area contributed by atoms with Crippen molar-refractivity contribution in [3.8, 4) is 5.75 Å². The van der Waals surface area contributed by atoms with Crippen LogP contribution in [0.25, 0.3) is 11.0 Å². The predicted octanol–water partition coefficient (Wildman–Crippen LogP) is 1.48. The maximum atomic E-state index is 10.6. The highest BCUT2D eigenvalue weighted by atomic mass is 16.6. The van der Waals surface area contributed by atoms with E-state index in [0.717, 1.165) is 0 Å². The van der Waals surface area contributed by atoms with Crippen molar-refractivity contribution < 1.29 is 9.66 Å². The minimum atomic E-state index is -0.469. The van der Waals surface area contributed by atoms with Crippen LogP contribution in [0.1, 0.15) is 0 Å². The quantitative estimate of drug-likeness (QED) is 0.578. The van der Waals surface area contributed by atoms with Crippen LogP contribution < -0.4 is 4.74 Å². The number of aromatic amines is 1. The number of rotatable bonds is 2. The average molecular weight is 193 g/mol. The van der Waals surface area contributed by atoms with Crippen molar-refractivity contribution in [1.29, 1.82) is 0 Å². The number of methoxy groups -OCH3 is 1. The van der Waals surface area contributed by atoms with Crippen LogP contribution in [0.5, 0.6) is 5.75 Å². The van der Waals surface area contributed by atoms with Crippen molar-refractivity contribution >= 4 is 16.7 Å². The van der Waals surface area contributed by atoms with Gasteiger partial charge >= 0.3 is 0 Å². The standard InChI is InChI=1S/C8H7N3O3/c1-14-6-2-3-9-8-7(6)5(4-10-8)11(12)13/h2-4H,1H3,(H,9,10). The Labute approximate surface area is 78.7 Å². The molecule has 6 nitrogen and oxygen atoms in total. The average Bonchev–Trinajstić information content (AvgIpc) is 2.60. The zero-order valence-electron chi connectivity index (χ0n) is 7.35. The SMILES string of the molecule is COc1ccnc2[nH]cc([N+](=O)[O-])c12. The van der Waals surface area contributed by atoms with Gasteiger partial charge in [-0.15, -0.1) is 0 Å². The van der Waals surface area contributed by atoms with Gasteiger partial charge in [0.15, 0.2) is 0 Å². The number of aromatic nitrogens is 2. The van der Waals surface area contributed by atoms with Gasteiger partial charge in [0.1, 0.15) is 16.8 Å². The molecule has 2 rings (SSSR count). The van der Waals surface area contributed by atoms with Crippen molar-refractivity contribution in [2.75, 3.05) is 7.11 Å². The summed E-state index contributed by atoms with van der Waals surface area (Å²) < 4.78 is 5.01. The van der Waals surface area contributed by atoms with Gasteiger partial charge in [0.05, 0.1) is 18.2 Å². The first-order chi connectivity index (χ1) is 6.74. The van der Waals surface area contributed by atoms with Crippen LogP contribution in [0.2, 0.25) is 0 Å². The van der Waals surface area contributed by atoms with Crippen LogP contribution in [0, 0.1) is 10.1 Å². The molecule has 0 saturated heterocycles. The van der Waals surface area contributed by atoms with Crippen LogP contribution in [-0.4, -0.2) is 22.0 Å². The smallest absolute Gasteiger partial charge is 0.299 e. The highest BCUT2D eigenvalue weighted by Gasteiger charge is 2.18. The second-order valence-electron chi connectivity index (χ2n) is 2.67. The number of nitrogens with one attached hydrogen (secondary N) is 1. The summed E-state index contributed by atoms with van der Waals surface area (Å²) in [6, 6.07) is 1.59. The maximum Gasteiger partial charge on any atom is 0.299 e. The third kappa shape index (κ3) is 1.08. The Hall–Kier alpha value is -2.11. The van der Waals surface area contributed by atoms with E-state index in [-0.39, 0.29) is 5.69 Å². The lowest BCUT2D eigenvalue weighted by Gasteiger charge is -1.99. The van der Waals surface area contributed by atoms with Crippen LogP contribution in [-0.2, 0) is 0 Å². The van der Waals surface area contributed by atoms with Gasteiger partial charge in [-0.2, -0.15) is 0 Å². The summed E-state index contributed by atoms with van der Waals surface area (Å²) >= 11 is 0. The van der Waals surface area contributed by atoms with Gasteiger partial charge in [-0.05, 0) is 6.07 Å². The van der Waals surface area contributed by atoms with E-state index in [4.69, 9.17) is 4.74 Å². The molecule has 72 valence electrons. The fourth-order valence-corrected chi connectivity index (χ4v) is 1.32. The molecule has 0 aliphatic carbocycles. The minimum Gasteiger partial charge on any atom is -0.496 e. The van der Waals surface area contributed by atoms with Gasteiger partial charge in [0.25, 0.3) is 5.69 Å². The molecule has 0 atom stereocenters. The summed E-state index contributed by atoms with van der Waals surface area (Å²) in [6.07, 6.45) is 2.83. The van der Waals surface area contributed by atoms with Gasteiger partial charge in [0, 0.05) is 6.20 Å². The van der Waals surface area contributed by atoms with Gasteiger partial charge in [-0.25, -0.2) is 4.98 Å². The van der Waals surface area contributed by atoms with Gasteiger partial charge in [-0.3, -0.25) is 10.1 Å². The third-order valence-corrected chi connectivity index (χ3v) is 1.93. The Kier molecular flexibility index (Phi) is 1.81. The number of pyridine rings is 1. The molecule has 2 aromatic heterocycles. The molecule has 2 aromatic rings. The Balaban J connectivity index is 2.81. The lowest BCUT2D eigenvalue weighted by Crippen LogP contribution is -1.89. The molecular weight excluding hydrogens is 186 g/mol. The minimum absolute atomic E-state index is 0.0232. The van der Waals surface area contributed by atoms with E-state index in [2.05, 4.69) is 9.97 Å². The Morgan fingerprint density at radius 1 is 1.64 bits per heavy atom. The van der Waals surface area contributed by atoms with Gasteiger partial charge in [-0.1, -0.05) is 0 Å². The number of hydrogen-bond donors (Lipinski definition) is 1. The topological polar surface area (TPSA) is 81.0 Å². The van der Waals surface area contributed by atoms with E-state index < -0.39 is 4.92 Å². The monoisotopic (exact) mass is 193 g/mol. The summed E-state index contributed by atoms with van der Waals surface area (Å²) in [5, 5.41) is 11.0. The molecule has 2 heterocycles. The highest BCUT2D eigenvalue weighted by Crippen LogP contribution is 2.31. The van der Waals surface area contributed by atoms with Crippen molar-refractivity contribution in [1.82, 2.24) is 9.97 Å². The fourth-order valence-electron chi connectivity index (χ4n) is 1.32. The number of fused-ring (bicyclic) bond motifs is 1. The van der Waals surface area contributed by atoms with E-state index in [9.17, 15) is 10.1 Å². The zero-order valence-corrected chi connectivity index (χ0v) is 7.35. The fraction of sp³-hybridized carbons (Fsp3) is 0.125. The Morgan fingerprint density at radius 2 is 2.43 bits per heavy atom. The number of nitro groups is 1. The van der Waals surface area contributed by atoms with E-state index in [1.165, 1.54) is 19.5 Å². The number of H-pyrrole nitrogens is 1. The Bertz CT molecular complexity index is 492. The molecule has 0 radical (unpaired) electrons. The van der Waals surface area contributed by atoms with E-state index >= 15 is 0 Å². The van der Waals surface area contributed by atoms with Gasteiger partial charge in [0.2, 0.25) is 0 Å². The first-order valence-electron chi connectivity index (χ1n) is 3.88.